The van der Waals surface area contributed by atoms with Crippen LogP contribution in [0.1, 0.15) is 0 Å². The van der Waals surface area contributed by atoms with Gasteiger partial charge in [-0.1, -0.05) is 30.3 Å². The van der Waals surface area contributed by atoms with Gasteiger partial charge in [-0.15, -0.1) is 10.2 Å². The Bertz CT molecular complexity index is 728. The maximum Gasteiger partial charge on any atom is 0.205 e. The lowest BCUT2D eigenvalue weighted by Gasteiger charge is -2.04. The molecule has 0 aliphatic heterocycles. The number of rotatable bonds is 6. The number of methoxy groups -OCH3 is 1. The Balaban J connectivity index is 1.61. The van der Waals surface area contributed by atoms with E-state index in [0.29, 0.717) is 19.0 Å². The van der Waals surface area contributed by atoms with E-state index in [1.807, 2.05) is 54.6 Å². The summed E-state index contributed by atoms with van der Waals surface area (Å²) in [6.45, 7) is 1.02. The van der Waals surface area contributed by atoms with Gasteiger partial charge in [0.2, 0.25) is 5.82 Å². The zero-order valence-electron chi connectivity index (χ0n) is 12.2. The van der Waals surface area contributed by atoms with Crippen LogP contribution >= 0.6 is 0 Å². The van der Waals surface area contributed by atoms with Gasteiger partial charge in [0.05, 0.1) is 13.7 Å². The second kappa shape index (κ2) is 6.71. The van der Waals surface area contributed by atoms with Gasteiger partial charge in [0, 0.05) is 5.56 Å². The van der Waals surface area contributed by atoms with E-state index in [9.17, 15) is 0 Å². The molecular formula is C16H16N4O2. The van der Waals surface area contributed by atoms with Crippen molar-refractivity contribution < 1.29 is 9.47 Å². The molecule has 0 aliphatic carbocycles. The number of aromatic nitrogens is 4. The second-order valence-electron chi connectivity index (χ2n) is 4.60. The van der Waals surface area contributed by atoms with Gasteiger partial charge in [0.1, 0.15) is 18.1 Å². The molecule has 112 valence electrons. The molecule has 3 rings (SSSR count). The maximum absolute atomic E-state index is 5.61. The molecular weight excluding hydrogens is 280 g/mol. The number of hydrogen-bond acceptors (Lipinski definition) is 5. The molecule has 0 aliphatic rings. The number of nitrogens with zero attached hydrogens (tertiary/aromatic N) is 4. The van der Waals surface area contributed by atoms with Gasteiger partial charge in [0.15, 0.2) is 0 Å². The molecule has 6 heteroatoms. The Morgan fingerprint density at radius 3 is 2.64 bits per heavy atom. The van der Waals surface area contributed by atoms with Crippen LogP contribution in [-0.2, 0) is 6.54 Å². The third kappa shape index (κ3) is 3.41. The molecule has 0 atom stereocenters. The van der Waals surface area contributed by atoms with E-state index in [-0.39, 0.29) is 0 Å². The van der Waals surface area contributed by atoms with Crippen LogP contribution in [0.2, 0.25) is 0 Å². The molecule has 0 amide bonds. The summed E-state index contributed by atoms with van der Waals surface area (Å²) >= 11 is 0. The molecule has 0 saturated heterocycles. The molecule has 22 heavy (non-hydrogen) atoms. The molecule has 6 nitrogen and oxygen atoms in total. The highest BCUT2D eigenvalue weighted by Crippen LogP contribution is 2.19. The smallest absolute Gasteiger partial charge is 0.205 e. The van der Waals surface area contributed by atoms with Crippen molar-refractivity contribution in [2.24, 2.45) is 0 Å². The fourth-order valence-electron chi connectivity index (χ4n) is 1.98. The Kier molecular flexibility index (Phi) is 4.29. The van der Waals surface area contributed by atoms with Crippen LogP contribution in [0, 0.1) is 0 Å². The van der Waals surface area contributed by atoms with Crippen molar-refractivity contribution in [3.05, 3.63) is 54.6 Å². The summed E-state index contributed by atoms with van der Waals surface area (Å²) in [4.78, 5) is 1.53. The normalized spacial score (nSPS) is 10.4. The molecule has 0 saturated carbocycles. The zero-order valence-corrected chi connectivity index (χ0v) is 12.2. The summed E-state index contributed by atoms with van der Waals surface area (Å²) in [5.41, 5.74) is 0.870. The first-order valence-electron chi connectivity index (χ1n) is 6.95. The Morgan fingerprint density at radius 2 is 1.82 bits per heavy atom. The molecule has 0 N–H and O–H groups in total. The zero-order chi connectivity index (χ0) is 15.2. The minimum atomic E-state index is 0.484. The average molecular weight is 296 g/mol. The van der Waals surface area contributed by atoms with E-state index in [1.54, 1.807) is 7.11 Å². The van der Waals surface area contributed by atoms with Crippen LogP contribution in [0.3, 0.4) is 0 Å². The quantitative estimate of drug-likeness (QED) is 0.699. The van der Waals surface area contributed by atoms with Crippen molar-refractivity contribution in [3.8, 4) is 22.9 Å². The third-order valence-electron chi connectivity index (χ3n) is 3.08. The van der Waals surface area contributed by atoms with E-state index in [0.717, 1.165) is 17.1 Å². The minimum absolute atomic E-state index is 0.484. The molecule has 0 radical (unpaired) electrons. The molecule has 0 spiro atoms. The van der Waals surface area contributed by atoms with Crippen LogP contribution in [0.25, 0.3) is 11.4 Å². The van der Waals surface area contributed by atoms with E-state index >= 15 is 0 Å². The Labute approximate surface area is 128 Å². The predicted octanol–water partition coefficient (Wildman–Crippen LogP) is 2.43. The SMILES string of the molecule is COc1cccc(-c2nnn(CCOc3ccccc3)n2)c1. The minimum Gasteiger partial charge on any atom is -0.497 e. The number of para-hydroxylation sites is 1. The lowest BCUT2D eigenvalue weighted by atomic mass is 10.2. The van der Waals surface area contributed by atoms with Crippen molar-refractivity contribution in [1.82, 2.24) is 20.2 Å². The highest BCUT2D eigenvalue weighted by atomic mass is 16.5. The standard InChI is InChI=1S/C16H16N4O2/c1-21-15-9-5-6-13(12-15)16-17-19-20(18-16)10-11-22-14-7-3-2-4-8-14/h2-9,12H,10-11H2,1H3. The molecule has 0 bridgehead atoms. The first-order chi connectivity index (χ1) is 10.8. The molecule has 3 aromatic rings. The van der Waals surface area contributed by atoms with Crippen LogP contribution < -0.4 is 9.47 Å². The topological polar surface area (TPSA) is 62.1 Å². The second-order valence-corrected chi connectivity index (χ2v) is 4.60. The van der Waals surface area contributed by atoms with Crippen LogP contribution in [-0.4, -0.2) is 33.9 Å². The van der Waals surface area contributed by atoms with Crippen molar-refractivity contribution in [1.29, 1.82) is 0 Å². The maximum atomic E-state index is 5.61. The predicted molar refractivity (Wildman–Crippen MR) is 81.7 cm³/mol. The van der Waals surface area contributed by atoms with Gasteiger partial charge in [-0.05, 0) is 29.5 Å². The summed E-state index contributed by atoms with van der Waals surface area (Å²) in [7, 11) is 1.63. The van der Waals surface area contributed by atoms with Gasteiger partial charge in [-0.2, -0.15) is 4.80 Å². The first kappa shape index (κ1) is 14.1. The number of tetrazole rings is 1. The summed E-state index contributed by atoms with van der Waals surface area (Å²) in [5, 5.41) is 12.4. The van der Waals surface area contributed by atoms with E-state index in [4.69, 9.17) is 9.47 Å². The molecule has 2 aromatic carbocycles. The van der Waals surface area contributed by atoms with Gasteiger partial charge in [-0.25, -0.2) is 0 Å². The monoisotopic (exact) mass is 296 g/mol. The van der Waals surface area contributed by atoms with Crippen molar-refractivity contribution >= 4 is 0 Å². The third-order valence-corrected chi connectivity index (χ3v) is 3.08. The van der Waals surface area contributed by atoms with E-state index in [2.05, 4.69) is 15.4 Å². The lowest BCUT2D eigenvalue weighted by molar-refractivity contribution is 0.280. The van der Waals surface area contributed by atoms with Gasteiger partial charge >= 0.3 is 0 Å². The van der Waals surface area contributed by atoms with Crippen LogP contribution in [0.4, 0.5) is 0 Å². The average Bonchev–Trinajstić information content (AvgIpc) is 3.05. The largest absolute Gasteiger partial charge is 0.497 e. The highest BCUT2D eigenvalue weighted by molar-refractivity contribution is 5.56. The van der Waals surface area contributed by atoms with Crippen LogP contribution in [0.5, 0.6) is 11.5 Å². The van der Waals surface area contributed by atoms with Crippen molar-refractivity contribution in [2.75, 3.05) is 13.7 Å². The van der Waals surface area contributed by atoms with Crippen molar-refractivity contribution in [3.63, 3.8) is 0 Å². The number of hydrogen-bond donors (Lipinski definition) is 0. The number of ether oxygens (including phenoxy) is 2. The summed E-state index contributed by atoms with van der Waals surface area (Å²) < 4.78 is 10.8. The fourth-order valence-corrected chi connectivity index (χ4v) is 1.98. The lowest BCUT2D eigenvalue weighted by Crippen LogP contribution is -2.11. The Morgan fingerprint density at radius 1 is 1.00 bits per heavy atom. The highest BCUT2D eigenvalue weighted by Gasteiger charge is 2.07. The molecule has 1 heterocycles. The summed E-state index contributed by atoms with van der Waals surface area (Å²) in [6, 6.07) is 17.2. The first-order valence-corrected chi connectivity index (χ1v) is 6.95. The number of benzene rings is 2. The van der Waals surface area contributed by atoms with Gasteiger partial charge in [-0.3, -0.25) is 0 Å². The fraction of sp³-hybridized carbons (Fsp3) is 0.188. The summed E-state index contributed by atoms with van der Waals surface area (Å²) in [6.07, 6.45) is 0. The van der Waals surface area contributed by atoms with E-state index in [1.165, 1.54) is 4.80 Å². The van der Waals surface area contributed by atoms with Crippen molar-refractivity contribution in [2.45, 2.75) is 6.54 Å². The van der Waals surface area contributed by atoms with Gasteiger partial charge in [0.25, 0.3) is 0 Å². The van der Waals surface area contributed by atoms with E-state index < -0.39 is 0 Å². The molecule has 0 unspecified atom stereocenters. The molecule has 0 fully saturated rings. The summed E-state index contributed by atoms with van der Waals surface area (Å²) in [5.74, 6) is 2.16. The van der Waals surface area contributed by atoms with Crippen LogP contribution in [0.15, 0.2) is 54.6 Å². The molecule has 1 aromatic heterocycles. The van der Waals surface area contributed by atoms with Gasteiger partial charge < -0.3 is 9.47 Å². The Hall–Kier alpha value is -2.89.